The molecule has 1 aromatic heterocycles. The van der Waals surface area contributed by atoms with Gasteiger partial charge in [-0.05, 0) is 88.0 Å². The molecule has 3 N–H and O–H groups in total. The molecule has 0 amide bonds. The van der Waals surface area contributed by atoms with Crippen molar-refractivity contribution in [3.63, 3.8) is 0 Å². The Morgan fingerprint density at radius 1 is 1.15 bits per heavy atom. The van der Waals surface area contributed by atoms with E-state index in [1.54, 1.807) is 0 Å². The Kier molecular flexibility index (Phi) is 5.05. The van der Waals surface area contributed by atoms with Crippen LogP contribution in [0.5, 0.6) is 0 Å². The number of nitrogens with one attached hydrogen (secondary N) is 2. The second kappa shape index (κ2) is 7.34. The molecule has 0 spiro atoms. The smallest absolute Gasteiger partial charge is 0.163 e. The highest BCUT2D eigenvalue weighted by Crippen LogP contribution is 2.51. The summed E-state index contributed by atoms with van der Waals surface area (Å²) in [6.07, 6.45) is 3.73. The van der Waals surface area contributed by atoms with Crippen molar-refractivity contribution in [2.75, 3.05) is 18.4 Å². The molecule has 2 aliphatic rings. The number of aromatic nitrogens is 1. The highest BCUT2D eigenvalue weighted by molar-refractivity contribution is 7.80. The summed E-state index contributed by atoms with van der Waals surface area (Å²) in [5.41, 5.74) is 6.22. The third kappa shape index (κ3) is 3.79. The van der Waals surface area contributed by atoms with Crippen molar-refractivity contribution in [3.05, 3.63) is 47.3 Å². The molecule has 1 aromatic carbocycles. The lowest BCUT2D eigenvalue weighted by Crippen LogP contribution is -2.35. The Morgan fingerprint density at radius 3 is 2.41 bits per heavy atom. The third-order valence-corrected chi connectivity index (χ3v) is 6.99. The summed E-state index contributed by atoms with van der Waals surface area (Å²) < 4.78 is 21.2. The van der Waals surface area contributed by atoms with Crippen molar-refractivity contribution in [1.82, 2.24) is 10.3 Å². The minimum Gasteiger partial charge on any atom is -0.382 e. The van der Waals surface area contributed by atoms with Crippen LogP contribution in [0.25, 0.3) is 11.1 Å². The first-order valence-electron chi connectivity index (χ1n) is 9.66. The van der Waals surface area contributed by atoms with E-state index in [-0.39, 0.29) is 0 Å². The zero-order chi connectivity index (χ0) is 19.0. The summed E-state index contributed by atoms with van der Waals surface area (Å²) in [7, 11) is 0. The van der Waals surface area contributed by atoms with Crippen LogP contribution in [0.1, 0.15) is 42.6 Å². The molecule has 2 aromatic rings. The number of benzene rings is 1. The molecule has 1 aliphatic heterocycles. The van der Waals surface area contributed by atoms with Crippen molar-refractivity contribution in [3.8, 4) is 11.1 Å². The monoisotopic (exact) mass is 385 g/mol. The van der Waals surface area contributed by atoms with Crippen molar-refractivity contribution in [2.24, 2.45) is 0 Å². The van der Waals surface area contributed by atoms with Crippen LogP contribution in [-0.4, -0.2) is 32.9 Å². The lowest BCUT2D eigenvalue weighted by molar-refractivity contribution is 0.479. The zero-order valence-electron chi connectivity index (χ0n) is 15.9. The Balaban J connectivity index is 1.77. The van der Waals surface area contributed by atoms with Crippen molar-refractivity contribution in [2.45, 2.75) is 50.3 Å². The molecule has 2 heterocycles. The highest BCUT2D eigenvalue weighted by atomic mass is 32.2. The predicted octanol–water partition coefficient (Wildman–Crippen LogP) is 3.74. The van der Waals surface area contributed by atoms with Gasteiger partial charge in [-0.3, -0.25) is 4.98 Å². The summed E-state index contributed by atoms with van der Waals surface area (Å²) >= 11 is -1.84. The minimum atomic E-state index is -1.84. The molecule has 5 nitrogen and oxygen atoms in total. The van der Waals surface area contributed by atoms with Gasteiger partial charge < -0.3 is 15.2 Å². The highest BCUT2D eigenvalue weighted by Gasteiger charge is 2.50. The van der Waals surface area contributed by atoms with Gasteiger partial charge in [-0.1, -0.05) is 6.07 Å². The minimum absolute atomic E-state index is 0.446. The third-order valence-electron chi connectivity index (χ3n) is 5.68. The SMILES string of the molecule is Cc1cc(-c2cc(C3(S(=O)O)CC3)ccc2NC2CCNCC2)cc(C)n1. The van der Waals surface area contributed by atoms with Crippen LogP contribution >= 0.6 is 0 Å². The first-order chi connectivity index (χ1) is 13.0. The lowest BCUT2D eigenvalue weighted by atomic mass is 9.97. The van der Waals surface area contributed by atoms with E-state index < -0.39 is 15.8 Å². The number of aryl methyl sites for hydroxylation is 2. The molecule has 6 heteroatoms. The molecule has 1 unspecified atom stereocenters. The fourth-order valence-electron chi connectivity index (χ4n) is 4.05. The lowest BCUT2D eigenvalue weighted by Gasteiger charge is -2.26. The van der Waals surface area contributed by atoms with E-state index in [2.05, 4.69) is 39.9 Å². The Bertz CT molecular complexity index is 853. The summed E-state index contributed by atoms with van der Waals surface area (Å²) in [4.78, 5) is 4.50. The average Bonchev–Trinajstić information content (AvgIpc) is 3.44. The Hall–Kier alpha value is -1.76. The number of anilines is 1. The van der Waals surface area contributed by atoms with Crippen LogP contribution in [0.4, 0.5) is 5.69 Å². The first-order valence-corrected chi connectivity index (χ1v) is 10.8. The zero-order valence-corrected chi connectivity index (χ0v) is 16.7. The van der Waals surface area contributed by atoms with E-state index in [0.29, 0.717) is 6.04 Å². The molecule has 27 heavy (non-hydrogen) atoms. The Morgan fingerprint density at radius 2 is 1.81 bits per heavy atom. The number of piperidine rings is 1. The van der Waals surface area contributed by atoms with E-state index in [1.807, 2.05) is 19.9 Å². The summed E-state index contributed by atoms with van der Waals surface area (Å²) in [6, 6.07) is 10.9. The summed E-state index contributed by atoms with van der Waals surface area (Å²) in [5.74, 6) is 0. The maximum Gasteiger partial charge on any atom is 0.163 e. The molecule has 0 radical (unpaired) electrons. The fraction of sp³-hybridized carbons (Fsp3) is 0.476. The molecule has 0 bridgehead atoms. The normalized spacial score (nSPS) is 20.3. The molecular formula is C21H27N3O2S. The molecule has 144 valence electrons. The van der Waals surface area contributed by atoms with E-state index in [1.165, 1.54) is 0 Å². The van der Waals surface area contributed by atoms with Crippen LogP contribution in [0, 0.1) is 13.8 Å². The second-order valence-corrected chi connectivity index (χ2v) is 9.09. The van der Waals surface area contributed by atoms with Gasteiger partial charge in [0.25, 0.3) is 0 Å². The van der Waals surface area contributed by atoms with Crippen molar-refractivity contribution >= 4 is 16.8 Å². The van der Waals surface area contributed by atoms with E-state index in [0.717, 1.165) is 72.5 Å². The largest absolute Gasteiger partial charge is 0.382 e. The molecule has 1 saturated heterocycles. The standard InChI is InChI=1S/C21H27N3O2S/c1-14-11-16(12-15(2)23-14)19-13-17(21(7-8-21)27(25)26)3-4-20(19)24-18-5-9-22-10-6-18/h3-4,11-13,18,22,24H,5-10H2,1-2H3,(H,25,26). The number of nitrogens with zero attached hydrogens (tertiary/aromatic N) is 1. The number of pyridine rings is 1. The number of rotatable bonds is 5. The van der Waals surface area contributed by atoms with E-state index in [9.17, 15) is 8.76 Å². The molecule has 1 aliphatic carbocycles. The van der Waals surface area contributed by atoms with Gasteiger partial charge in [0.05, 0.1) is 4.75 Å². The van der Waals surface area contributed by atoms with Gasteiger partial charge in [0.1, 0.15) is 0 Å². The van der Waals surface area contributed by atoms with Crippen LogP contribution in [0.2, 0.25) is 0 Å². The molecular weight excluding hydrogens is 358 g/mol. The molecule has 1 saturated carbocycles. The van der Waals surface area contributed by atoms with Gasteiger partial charge >= 0.3 is 0 Å². The van der Waals surface area contributed by atoms with Gasteiger partial charge in [0, 0.05) is 28.7 Å². The molecule has 2 fully saturated rings. The van der Waals surface area contributed by atoms with Gasteiger partial charge in [-0.25, -0.2) is 4.21 Å². The number of hydrogen-bond acceptors (Lipinski definition) is 4. The number of hydrogen-bond donors (Lipinski definition) is 3. The van der Waals surface area contributed by atoms with E-state index >= 15 is 0 Å². The van der Waals surface area contributed by atoms with Crippen molar-refractivity contribution < 1.29 is 8.76 Å². The van der Waals surface area contributed by atoms with Gasteiger partial charge in [0.2, 0.25) is 0 Å². The first kappa shape index (κ1) is 18.6. The molecule has 4 rings (SSSR count). The topological polar surface area (TPSA) is 74.2 Å². The van der Waals surface area contributed by atoms with Gasteiger partial charge in [-0.2, -0.15) is 0 Å². The van der Waals surface area contributed by atoms with Gasteiger partial charge in [-0.15, -0.1) is 0 Å². The van der Waals surface area contributed by atoms with Crippen LogP contribution in [0.15, 0.2) is 30.3 Å². The summed E-state index contributed by atoms with van der Waals surface area (Å²) in [6.45, 7) is 6.08. The van der Waals surface area contributed by atoms with Crippen LogP contribution < -0.4 is 10.6 Å². The maximum absolute atomic E-state index is 11.9. The quantitative estimate of drug-likeness (QED) is 0.684. The average molecular weight is 386 g/mol. The Labute approximate surface area is 163 Å². The second-order valence-electron chi connectivity index (χ2n) is 7.81. The van der Waals surface area contributed by atoms with Crippen molar-refractivity contribution in [1.29, 1.82) is 0 Å². The van der Waals surface area contributed by atoms with Crippen LogP contribution in [0.3, 0.4) is 0 Å². The van der Waals surface area contributed by atoms with E-state index in [4.69, 9.17) is 0 Å². The van der Waals surface area contributed by atoms with Crippen LogP contribution in [-0.2, 0) is 15.8 Å². The fourth-order valence-corrected chi connectivity index (χ4v) is 4.83. The summed E-state index contributed by atoms with van der Waals surface area (Å²) in [5, 5.41) is 7.12. The van der Waals surface area contributed by atoms with Gasteiger partial charge in [0.15, 0.2) is 11.1 Å². The maximum atomic E-state index is 11.9. The predicted molar refractivity (Wildman–Crippen MR) is 110 cm³/mol. The molecule has 1 atom stereocenters.